The highest BCUT2D eigenvalue weighted by atomic mass is 32.1. The average molecular weight is 334 g/mol. The molecule has 1 saturated heterocycles. The number of carbonyl (C=O) groups is 1. The van der Waals surface area contributed by atoms with Crippen LogP contribution < -0.4 is 5.32 Å². The molecule has 0 aromatic carbocycles. The number of hydrogen-bond donors (Lipinski definition) is 1. The zero-order valence-corrected chi connectivity index (χ0v) is 14.3. The monoisotopic (exact) mass is 334 g/mol. The van der Waals surface area contributed by atoms with Gasteiger partial charge in [-0.05, 0) is 0 Å². The van der Waals surface area contributed by atoms with Crippen LogP contribution in [0.5, 0.6) is 0 Å². The molecule has 3 rings (SSSR count). The van der Waals surface area contributed by atoms with Gasteiger partial charge in [-0.2, -0.15) is 0 Å². The number of anilines is 1. The molecular weight excluding hydrogens is 312 g/mol. The fourth-order valence-corrected chi connectivity index (χ4v) is 3.42. The van der Waals surface area contributed by atoms with Gasteiger partial charge in [0.2, 0.25) is 5.91 Å². The van der Waals surface area contributed by atoms with E-state index >= 15 is 0 Å². The molecule has 1 aliphatic heterocycles. The van der Waals surface area contributed by atoms with E-state index in [4.69, 9.17) is 0 Å². The van der Waals surface area contributed by atoms with Gasteiger partial charge in [0.15, 0.2) is 5.13 Å². The van der Waals surface area contributed by atoms with Gasteiger partial charge in [-0.1, -0.05) is 0 Å². The second-order valence-electron chi connectivity index (χ2n) is 5.83. The highest BCUT2D eigenvalue weighted by Gasteiger charge is 2.19. The van der Waals surface area contributed by atoms with Crippen LogP contribution in [0.4, 0.5) is 5.13 Å². The largest absolute Gasteiger partial charge is 0.337 e. The van der Waals surface area contributed by atoms with Crippen LogP contribution in [-0.2, 0) is 24.9 Å². The van der Waals surface area contributed by atoms with Crippen LogP contribution in [0.15, 0.2) is 17.8 Å². The lowest BCUT2D eigenvalue weighted by Crippen LogP contribution is -2.45. The lowest BCUT2D eigenvalue weighted by atomic mass is 10.3. The van der Waals surface area contributed by atoms with Crippen molar-refractivity contribution in [2.24, 2.45) is 7.05 Å². The van der Waals surface area contributed by atoms with Crippen LogP contribution >= 0.6 is 11.3 Å². The molecule has 0 aliphatic carbocycles. The number of piperazine rings is 1. The Kier molecular flexibility index (Phi) is 5.04. The third-order valence-corrected chi connectivity index (χ3v) is 4.78. The summed E-state index contributed by atoms with van der Waals surface area (Å²) in [6.45, 7) is 7.37. The molecule has 7 nitrogen and oxygen atoms in total. The van der Waals surface area contributed by atoms with Crippen molar-refractivity contribution in [1.29, 1.82) is 0 Å². The van der Waals surface area contributed by atoms with Gasteiger partial charge >= 0.3 is 0 Å². The first-order chi connectivity index (χ1) is 11.1. The van der Waals surface area contributed by atoms with E-state index in [0.29, 0.717) is 5.13 Å². The predicted octanol–water partition coefficient (Wildman–Crippen LogP) is 1.15. The van der Waals surface area contributed by atoms with Crippen molar-refractivity contribution in [3.05, 3.63) is 29.3 Å². The Labute approximate surface area is 139 Å². The van der Waals surface area contributed by atoms with Crippen LogP contribution in [-0.4, -0.2) is 56.4 Å². The molecule has 0 spiro atoms. The van der Waals surface area contributed by atoms with E-state index in [1.54, 1.807) is 0 Å². The van der Waals surface area contributed by atoms with E-state index in [0.717, 1.165) is 50.8 Å². The predicted molar refractivity (Wildman–Crippen MR) is 90.2 cm³/mol. The number of aryl methyl sites for hydroxylation is 1. The summed E-state index contributed by atoms with van der Waals surface area (Å²) in [6.07, 6.45) is 3.83. The van der Waals surface area contributed by atoms with Crippen LogP contribution in [0.1, 0.15) is 18.4 Å². The maximum absolute atomic E-state index is 11.0. The minimum absolute atomic E-state index is 0.0752. The van der Waals surface area contributed by atoms with Crippen molar-refractivity contribution in [2.75, 3.05) is 31.5 Å². The minimum Gasteiger partial charge on any atom is -0.337 e. The number of amides is 1. The number of hydrogen-bond acceptors (Lipinski definition) is 6. The van der Waals surface area contributed by atoms with Crippen LogP contribution in [0, 0.1) is 0 Å². The van der Waals surface area contributed by atoms with E-state index in [1.807, 2.05) is 24.8 Å². The van der Waals surface area contributed by atoms with Crippen molar-refractivity contribution in [3.63, 3.8) is 0 Å². The van der Waals surface area contributed by atoms with Crippen molar-refractivity contribution in [2.45, 2.75) is 20.0 Å². The quantitative estimate of drug-likeness (QED) is 0.889. The van der Waals surface area contributed by atoms with Crippen molar-refractivity contribution < 1.29 is 4.79 Å². The molecule has 1 amide bonds. The summed E-state index contributed by atoms with van der Waals surface area (Å²) >= 11 is 1.48. The third kappa shape index (κ3) is 4.37. The number of thiazole rings is 1. The molecule has 1 fully saturated rings. The Balaban J connectivity index is 1.46. The molecule has 1 N–H and O–H groups in total. The van der Waals surface area contributed by atoms with Crippen LogP contribution in [0.3, 0.4) is 0 Å². The van der Waals surface area contributed by atoms with Gasteiger partial charge in [0.05, 0.1) is 12.2 Å². The number of rotatable bonds is 5. The minimum atomic E-state index is -0.0752. The second-order valence-corrected chi connectivity index (χ2v) is 6.69. The molecule has 2 aromatic heterocycles. The highest BCUT2D eigenvalue weighted by Crippen LogP contribution is 2.17. The van der Waals surface area contributed by atoms with Gasteiger partial charge in [0.25, 0.3) is 0 Å². The number of nitrogens with zero attached hydrogens (tertiary/aromatic N) is 5. The first-order valence-corrected chi connectivity index (χ1v) is 8.61. The smallest absolute Gasteiger partial charge is 0.223 e. The fourth-order valence-electron chi connectivity index (χ4n) is 2.67. The van der Waals surface area contributed by atoms with Gasteiger partial charge in [0.1, 0.15) is 5.82 Å². The molecule has 23 heavy (non-hydrogen) atoms. The molecule has 0 atom stereocenters. The molecule has 8 heteroatoms. The second kappa shape index (κ2) is 7.20. The first-order valence-electron chi connectivity index (χ1n) is 7.73. The van der Waals surface area contributed by atoms with E-state index in [9.17, 15) is 4.79 Å². The molecule has 0 bridgehead atoms. The van der Waals surface area contributed by atoms with Crippen molar-refractivity contribution >= 4 is 22.4 Å². The van der Waals surface area contributed by atoms with Crippen LogP contribution in [0.25, 0.3) is 0 Å². The molecule has 0 radical (unpaired) electrons. The topological polar surface area (TPSA) is 66.3 Å². The summed E-state index contributed by atoms with van der Waals surface area (Å²) in [7, 11) is 2.04. The summed E-state index contributed by atoms with van der Waals surface area (Å²) < 4.78 is 2.07. The Morgan fingerprint density at radius 2 is 1.96 bits per heavy atom. The molecule has 124 valence electrons. The number of aromatic nitrogens is 3. The molecule has 3 heterocycles. The maximum atomic E-state index is 11.0. The molecule has 0 saturated carbocycles. The fraction of sp³-hybridized carbons (Fsp3) is 0.533. The normalized spacial score (nSPS) is 16.6. The SMILES string of the molecule is CC(=O)Nc1nc(CN2CCN(Cc3nccn3C)CC2)cs1. The lowest BCUT2D eigenvalue weighted by Gasteiger charge is -2.34. The summed E-state index contributed by atoms with van der Waals surface area (Å²) in [5, 5.41) is 5.43. The highest BCUT2D eigenvalue weighted by molar-refractivity contribution is 7.13. The number of nitrogens with one attached hydrogen (secondary N) is 1. The van der Waals surface area contributed by atoms with Gasteiger partial charge in [-0.15, -0.1) is 11.3 Å². The van der Waals surface area contributed by atoms with E-state index < -0.39 is 0 Å². The lowest BCUT2D eigenvalue weighted by molar-refractivity contribution is -0.114. The molecule has 0 unspecified atom stereocenters. The molecular formula is C15H22N6OS. The van der Waals surface area contributed by atoms with E-state index in [-0.39, 0.29) is 5.91 Å². The Bertz CT molecular complexity index is 658. The van der Waals surface area contributed by atoms with Gasteiger partial charge in [-0.3, -0.25) is 14.6 Å². The molecule has 2 aromatic rings. The Morgan fingerprint density at radius 1 is 1.26 bits per heavy atom. The summed E-state index contributed by atoms with van der Waals surface area (Å²) in [5.41, 5.74) is 1.02. The van der Waals surface area contributed by atoms with Gasteiger partial charge in [0, 0.05) is 64.5 Å². The van der Waals surface area contributed by atoms with Crippen molar-refractivity contribution in [3.8, 4) is 0 Å². The summed E-state index contributed by atoms with van der Waals surface area (Å²) in [5.74, 6) is 1.03. The van der Waals surface area contributed by atoms with E-state index in [1.165, 1.54) is 18.3 Å². The first kappa shape index (κ1) is 16.1. The Morgan fingerprint density at radius 3 is 2.57 bits per heavy atom. The average Bonchev–Trinajstić information content (AvgIpc) is 3.10. The Hall–Kier alpha value is -1.77. The third-order valence-electron chi connectivity index (χ3n) is 3.97. The van der Waals surface area contributed by atoms with Crippen molar-refractivity contribution in [1.82, 2.24) is 24.3 Å². The van der Waals surface area contributed by atoms with Gasteiger partial charge in [-0.25, -0.2) is 9.97 Å². The maximum Gasteiger partial charge on any atom is 0.223 e. The van der Waals surface area contributed by atoms with Gasteiger partial charge < -0.3 is 9.88 Å². The van der Waals surface area contributed by atoms with E-state index in [2.05, 4.69) is 29.7 Å². The number of imidazole rings is 1. The zero-order chi connectivity index (χ0) is 16.2. The summed E-state index contributed by atoms with van der Waals surface area (Å²) in [6, 6.07) is 0. The standard InChI is InChI=1S/C15H22N6OS/c1-12(22)17-15-18-13(11-23-15)9-20-5-7-21(8-6-20)10-14-16-3-4-19(14)2/h3-4,11H,5-10H2,1-2H3,(H,17,18,22). The number of carbonyl (C=O) groups excluding carboxylic acids is 1. The summed E-state index contributed by atoms with van der Waals surface area (Å²) in [4.78, 5) is 24.7. The molecule has 1 aliphatic rings. The van der Waals surface area contributed by atoms with Crippen LogP contribution in [0.2, 0.25) is 0 Å². The zero-order valence-electron chi connectivity index (χ0n) is 13.5.